The molecular weight excluding hydrogens is 396 g/mol. The van der Waals surface area contributed by atoms with Crippen LogP contribution in [-0.4, -0.2) is 20.6 Å². The van der Waals surface area contributed by atoms with Crippen molar-refractivity contribution in [2.75, 3.05) is 7.11 Å². The van der Waals surface area contributed by atoms with Gasteiger partial charge >= 0.3 is 10.1 Å². The van der Waals surface area contributed by atoms with Crippen molar-refractivity contribution in [3.05, 3.63) is 76.7 Å². The fourth-order valence-corrected chi connectivity index (χ4v) is 4.09. The molecule has 3 rings (SSSR count). The van der Waals surface area contributed by atoms with E-state index >= 15 is 0 Å². The maximum absolute atomic E-state index is 12.3. The Morgan fingerprint density at radius 3 is 2.46 bits per heavy atom. The Morgan fingerprint density at radius 2 is 1.82 bits per heavy atom. The van der Waals surface area contributed by atoms with Gasteiger partial charge in [-0.15, -0.1) is 0 Å². The zero-order valence-corrected chi connectivity index (χ0v) is 16.8. The number of oxime groups is 1. The van der Waals surface area contributed by atoms with Crippen molar-refractivity contribution < 1.29 is 17.4 Å². The molecule has 0 radical (unpaired) electrons. The first-order valence-electron chi connectivity index (χ1n) is 8.16. The third-order valence-electron chi connectivity index (χ3n) is 3.94. The zero-order valence-electron chi connectivity index (χ0n) is 15.1. The lowest BCUT2D eigenvalue weighted by Gasteiger charge is -2.06. The van der Waals surface area contributed by atoms with E-state index in [-0.39, 0.29) is 4.90 Å². The summed E-state index contributed by atoms with van der Waals surface area (Å²) in [6, 6.07) is 15.6. The molecule has 1 aliphatic rings. The van der Waals surface area contributed by atoms with Gasteiger partial charge in [0.15, 0.2) is 0 Å². The highest BCUT2D eigenvalue weighted by Crippen LogP contribution is 2.35. The summed E-state index contributed by atoms with van der Waals surface area (Å²) in [5.74, 6) is 0.537. The highest BCUT2D eigenvalue weighted by atomic mass is 32.2. The minimum atomic E-state index is -4.05. The van der Waals surface area contributed by atoms with E-state index in [1.54, 1.807) is 12.2 Å². The molecular formula is C20H16N2O4S2. The average molecular weight is 412 g/mol. The lowest BCUT2D eigenvalue weighted by molar-refractivity contribution is 0.340. The number of rotatable bonds is 5. The fraction of sp³-hybridized carbons (Fsp3) is 0.100. The second kappa shape index (κ2) is 8.33. The second-order valence-corrected chi connectivity index (χ2v) is 8.33. The van der Waals surface area contributed by atoms with Crippen molar-refractivity contribution in [3.8, 4) is 11.8 Å². The molecule has 0 aliphatic carbocycles. The number of thioether (sulfide) groups is 1. The number of nitriles is 1. The summed E-state index contributed by atoms with van der Waals surface area (Å²) in [6.07, 6.45) is 3.33. The lowest BCUT2D eigenvalue weighted by Crippen LogP contribution is -2.03. The highest BCUT2D eigenvalue weighted by Gasteiger charge is 2.20. The molecule has 0 atom stereocenters. The molecule has 0 aromatic heterocycles. The van der Waals surface area contributed by atoms with Crippen molar-refractivity contribution in [2.45, 2.75) is 11.8 Å². The van der Waals surface area contributed by atoms with Crippen molar-refractivity contribution in [3.63, 3.8) is 0 Å². The fourth-order valence-electron chi connectivity index (χ4n) is 2.48. The molecule has 0 bridgehead atoms. The Hall–Kier alpha value is -3.02. The number of methoxy groups -OCH3 is 1. The number of hydrogen-bond donors (Lipinski definition) is 0. The summed E-state index contributed by atoms with van der Waals surface area (Å²) < 4.78 is 34.3. The van der Waals surface area contributed by atoms with E-state index in [0.29, 0.717) is 21.3 Å². The summed E-state index contributed by atoms with van der Waals surface area (Å²) in [4.78, 5) is 0.652. The Balaban J connectivity index is 1.80. The molecule has 1 aliphatic heterocycles. The standard InChI is InChI=1S/C20H16N2O4S2/c1-14-5-3-4-6-17(14)18(13-21)19-11-12-20(27-19)22-26-28(23,24)16-9-7-15(25-2)8-10-16/h3-12H,1-2H3/b19-18-,22-20?. The van der Waals surface area contributed by atoms with E-state index in [9.17, 15) is 13.7 Å². The van der Waals surface area contributed by atoms with E-state index in [4.69, 9.17) is 9.02 Å². The minimum absolute atomic E-state index is 0.0296. The van der Waals surface area contributed by atoms with Crippen molar-refractivity contribution in [2.24, 2.45) is 5.16 Å². The smallest absolute Gasteiger partial charge is 0.358 e. The van der Waals surface area contributed by atoms with E-state index in [1.165, 1.54) is 43.1 Å². The summed E-state index contributed by atoms with van der Waals surface area (Å²) in [5, 5.41) is 13.6. The summed E-state index contributed by atoms with van der Waals surface area (Å²) >= 11 is 1.18. The molecule has 6 nitrogen and oxygen atoms in total. The maximum Gasteiger partial charge on any atom is 0.358 e. The summed E-state index contributed by atoms with van der Waals surface area (Å²) in [5.41, 5.74) is 2.30. The molecule has 1 heterocycles. The van der Waals surface area contributed by atoms with Gasteiger partial charge in [-0.3, -0.25) is 4.28 Å². The van der Waals surface area contributed by atoms with Crippen LogP contribution in [0.25, 0.3) is 5.57 Å². The van der Waals surface area contributed by atoms with Crippen molar-refractivity contribution in [1.29, 1.82) is 5.26 Å². The Morgan fingerprint density at radius 1 is 1.11 bits per heavy atom. The van der Waals surface area contributed by atoms with Crippen molar-refractivity contribution >= 4 is 32.5 Å². The van der Waals surface area contributed by atoms with E-state index in [0.717, 1.165) is 11.1 Å². The third-order valence-corrected chi connectivity index (χ3v) is 6.04. The van der Waals surface area contributed by atoms with Crippen LogP contribution in [0.2, 0.25) is 0 Å². The van der Waals surface area contributed by atoms with E-state index in [1.807, 2.05) is 31.2 Å². The minimum Gasteiger partial charge on any atom is -0.497 e. The predicted octanol–water partition coefficient (Wildman–Crippen LogP) is 4.26. The van der Waals surface area contributed by atoms with Crippen LogP contribution < -0.4 is 4.74 Å². The van der Waals surface area contributed by atoms with Crippen LogP contribution in [0, 0.1) is 18.3 Å². The largest absolute Gasteiger partial charge is 0.497 e. The number of benzene rings is 2. The SMILES string of the molecule is COc1ccc(S(=O)(=O)ON=C2C=C/C(=C(\C#N)c3ccccc3C)S2)cc1. The molecule has 0 fully saturated rings. The topological polar surface area (TPSA) is 88.8 Å². The number of ether oxygens (including phenoxy) is 1. The van der Waals surface area contributed by atoms with Crippen molar-refractivity contribution in [1.82, 2.24) is 0 Å². The quantitative estimate of drug-likeness (QED) is 0.538. The number of hydrogen-bond acceptors (Lipinski definition) is 7. The first-order valence-corrected chi connectivity index (χ1v) is 10.4. The van der Waals surface area contributed by atoms with Crippen LogP contribution in [0.1, 0.15) is 11.1 Å². The van der Waals surface area contributed by atoms with Gasteiger partial charge in [-0.05, 0) is 54.5 Å². The Kier molecular flexibility index (Phi) is 5.87. The van der Waals surface area contributed by atoms with E-state index in [2.05, 4.69) is 11.2 Å². The van der Waals surface area contributed by atoms with Gasteiger partial charge in [0.1, 0.15) is 21.8 Å². The zero-order chi connectivity index (χ0) is 20.1. The first-order chi connectivity index (χ1) is 13.4. The molecule has 0 saturated heterocycles. The average Bonchev–Trinajstić information content (AvgIpc) is 3.17. The molecule has 8 heteroatoms. The predicted molar refractivity (Wildman–Crippen MR) is 109 cm³/mol. The third kappa shape index (κ3) is 4.27. The molecule has 0 N–H and O–H groups in total. The molecule has 0 amide bonds. The van der Waals surface area contributed by atoms with Crippen LogP contribution in [0.15, 0.2) is 75.6 Å². The molecule has 2 aromatic carbocycles. The highest BCUT2D eigenvalue weighted by molar-refractivity contribution is 8.18. The van der Waals surface area contributed by atoms with Gasteiger partial charge in [0.25, 0.3) is 0 Å². The van der Waals surface area contributed by atoms with Crippen LogP contribution >= 0.6 is 11.8 Å². The van der Waals surface area contributed by atoms with Crippen LogP contribution in [0.4, 0.5) is 0 Å². The molecule has 142 valence electrons. The molecule has 0 saturated carbocycles. The Labute approximate surface area is 167 Å². The van der Waals surface area contributed by atoms with E-state index < -0.39 is 10.1 Å². The summed E-state index contributed by atoms with van der Waals surface area (Å²) in [6.45, 7) is 1.93. The van der Waals surface area contributed by atoms with Crippen LogP contribution in [0.3, 0.4) is 0 Å². The normalized spacial score (nSPS) is 16.7. The van der Waals surface area contributed by atoms with Gasteiger partial charge in [-0.1, -0.05) is 41.2 Å². The van der Waals surface area contributed by atoms with Gasteiger partial charge < -0.3 is 4.74 Å². The maximum atomic E-state index is 12.3. The Bertz CT molecular complexity index is 1130. The monoisotopic (exact) mass is 412 g/mol. The number of nitrogens with zero attached hydrogens (tertiary/aromatic N) is 2. The van der Waals surface area contributed by atoms with Crippen LogP contribution in [-0.2, 0) is 14.4 Å². The first kappa shape index (κ1) is 19.7. The van der Waals surface area contributed by atoms with Crippen LogP contribution in [0.5, 0.6) is 5.75 Å². The molecule has 28 heavy (non-hydrogen) atoms. The number of aryl methyl sites for hydroxylation is 1. The second-order valence-electron chi connectivity index (χ2n) is 5.74. The molecule has 0 spiro atoms. The summed E-state index contributed by atoms with van der Waals surface area (Å²) in [7, 11) is -2.55. The van der Waals surface area contributed by atoms with Gasteiger partial charge in [0.05, 0.1) is 12.7 Å². The molecule has 0 unspecified atom stereocenters. The van der Waals surface area contributed by atoms with Gasteiger partial charge in [0, 0.05) is 4.91 Å². The van der Waals surface area contributed by atoms with Gasteiger partial charge in [0.2, 0.25) is 0 Å². The lowest BCUT2D eigenvalue weighted by atomic mass is 10.0. The number of allylic oxidation sites excluding steroid dienone is 2. The van der Waals surface area contributed by atoms with Gasteiger partial charge in [-0.2, -0.15) is 13.7 Å². The van der Waals surface area contributed by atoms with Gasteiger partial charge in [-0.25, -0.2) is 0 Å². The molecule has 2 aromatic rings.